The monoisotopic (exact) mass is 297 g/mol. The Morgan fingerprint density at radius 1 is 1.30 bits per heavy atom. The Morgan fingerprint density at radius 2 is 2.05 bits per heavy atom. The van der Waals surface area contributed by atoms with Crippen molar-refractivity contribution < 1.29 is 8.42 Å². The Hall–Kier alpha value is -0.880. The highest BCUT2D eigenvalue weighted by atomic mass is 32.2. The molecule has 1 saturated carbocycles. The summed E-state index contributed by atoms with van der Waals surface area (Å²) < 4.78 is 28.6. The molecule has 3 rings (SSSR count). The third-order valence-corrected chi connectivity index (χ3v) is 6.68. The maximum atomic E-state index is 12.4. The van der Waals surface area contributed by atoms with Crippen molar-refractivity contribution in [3.8, 4) is 0 Å². The van der Waals surface area contributed by atoms with E-state index >= 15 is 0 Å². The van der Waals surface area contributed by atoms with Crippen LogP contribution < -0.4 is 0 Å². The molecule has 0 bridgehead atoms. The van der Waals surface area contributed by atoms with Gasteiger partial charge in [0, 0.05) is 37.4 Å². The van der Waals surface area contributed by atoms with Crippen LogP contribution in [0.4, 0.5) is 0 Å². The van der Waals surface area contributed by atoms with Crippen LogP contribution in [0.15, 0.2) is 12.4 Å². The maximum absolute atomic E-state index is 12.4. The summed E-state index contributed by atoms with van der Waals surface area (Å²) in [6, 6.07) is 0.364. The van der Waals surface area contributed by atoms with Gasteiger partial charge in [-0.15, -0.1) is 0 Å². The Balaban J connectivity index is 1.80. The molecule has 1 aliphatic carbocycles. The highest BCUT2D eigenvalue weighted by Crippen LogP contribution is 2.35. The second-order valence-corrected chi connectivity index (χ2v) is 8.44. The molecule has 112 valence electrons. The predicted molar refractivity (Wildman–Crippen MR) is 78.1 cm³/mol. The molecule has 1 saturated heterocycles. The van der Waals surface area contributed by atoms with Crippen LogP contribution in [-0.2, 0) is 10.0 Å². The highest BCUT2D eigenvalue weighted by Gasteiger charge is 2.42. The van der Waals surface area contributed by atoms with Gasteiger partial charge >= 0.3 is 0 Å². The molecule has 0 radical (unpaired) electrons. The van der Waals surface area contributed by atoms with E-state index in [1.54, 1.807) is 4.31 Å². The van der Waals surface area contributed by atoms with Crippen molar-refractivity contribution in [1.82, 2.24) is 13.9 Å². The van der Waals surface area contributed by atoms with Gasteiger partial charge in [-0.25, -0.2) is 17.7 Å². The van der Waals surface area contributed by atoms with Crippen LogP contribution in [0.3, 0.4) is 0 Å². The molecule has 1 unspecified atom stereocenters. The Labute approximate surface area is 121 Å². The van der Waals surface area contributed by atoms with E-state index in [1.807, 2.05) is 12.4 Å². The molecule has 2 fully saturated rings. The first-order valence-corrected chi connectivity index (χ1v) is 9.02. The molecule has 20 heavy (non-hydrogen) atoms. The average Bonchev–Trinajstić information content (AvgIpc) is 3.17. The summed E-state index contributed by atoms with van der Waals surface area (Å²) in [4.78, 5) is 4.48. The second-order valence-electron chi connectivity index (χ2n) is 6.23. The molecule has 0 N–H and O–H groups in total. The lowest BCUT2D eigenvalue weighted by molar-refractivity contribution is 0.302. The van der Waals surface area contributed by atoms with Gasteiger partial charge in [0.1, 0.15) is 5.82 Å². The molecule has 0 amide bonds. The molecule has 0 aromatic carbocycles. The van der Waals surface area contributed by atoms with Crippen molar-refractivity contribution >= 4 is 10.0 Å². The number of nitrogens with zero attached hydrogens (tertiary/aromatic N) is 3. The zero-order valence-electron chi connectivity index (χ0n) is 12.2. The van der Waals surface area contributed by atoms with E-state index in [0.29, 0.717) is 19.1 Å². The molecule has 5 nitrogen and oxygen atoms in total. The topological polar surface area (TPSA) is 55.2 Å². The van der Waals surface area contributed by atoms with Gasteiger partial charge in [-0.1, -0.05) is 0 Å². The molecule has 2 aliphatic rings. The fourth-order valence-corrected chi connectivity index (χ4v) is 4.96. The van der Waals surface area contributed by atoms with Gasteiger partial charge in [0.2, 0.25) is 10.0 Å². The number of hydrogen-bond donors (Lipinski definition) is 0. The van der Waals surface area contributed by atoms with Crippen molar-refractivity contribution in [3.05, 3.63) is 18.2 Å². The molecular formula is C14H23N3O2S. The fourth-order valence-electron chi connectivity index (χ4n) is 3.04. The third-order valence-electron chi connectivity index (χ3n) is 4.31. The molecule has 2 heterocycles. The van der Waals surface area contributed by atoms with E-state index in [-0.39, 0.29) is 11.2 Å². The highest BCUT2D eigenvalue weighted by molar-refractivity contribution is 7.90. The lowest BCUT2D eigenvalue weighted by Crippen LogP contribution is -2.41. The van der Waals surface area contributed by atoms with Crippen molar-refractivity contribution in [2.24, 2.45) is 0 Å². The van der Waals surface area contributed by atoms with Crippen LogP contribution in [0.25, 0.3) is 0 Å². The SMILES string of the molecule is CC(C)n1ccnc1C1CCCN(S(=O)(=O)C2CC2)C1. The largest absolute Gasteiger partial charge is 0.332 e. The Bertz CT molecular complexity index is 575. The molecule has 1 atom stereocenters. The van der Waals surface area contributed by atoms with Gasteiger partial charge in [-0.2, -0.15) is 0 Å². The van der Waals surface area contributed by atoms with E-state index in [1.165, 1.54) is 0 Å². The lowest BCUT2D eigenvalue weighted by Gasteiger charge is -2.32. The van der Waals surface area contributed by atoms with E-state index in [4.69, 9.17) is 0 Å². The number of imidazole rings is 1. The number of piperidine rings is 1. The quantitative estimate of drug-likeness (QED) is 0.855. The smallest absolute Gasteiger partial charge is 0.217 e. The van der Waals surface area contributed by atoms with Gasteiger partial charge < -0.3 is 4.57 Å². The first kappa shape index (κ1) is 14.1. The van der Waals surface area contributed by atoms with Crippen LogP contribution in [-0.4, -0.2) is 40.6 Å². The van der Waals surface area contributed by atoms with Crippen LogP contribution in [0.1, 0.15) is 57.3 Å². The minimum absolute atomic E-state index is 0.105. The molecule has 1 aromatic rings. The van der Waals surface area contributed by atoms with Gasteiger partial charge in [0.05, 0.1) is 5.25 Å². The fraction of sp³-hybridized carbons (Fsp3) is 0.786. The molecule has 1 aromatic heterocycles. The zero-order valence-corrected chi connectivity index (χ0v) is 13.0. The van der Waals surface area contributed by atoms with E-state index in [0.717, 1.165) is 31.5 Å². The molecule has 1 aliphatic heterocycles. The first-order chi connectivity index (χ1) is 9.50. The Kier molecular flexibility index (Phi) is 3.62. The van der Waals surface area contributed by atoms with Gasteiger partial charge in [0.25, 0.3) is 0 Å². The van der Waals surface area contributed by atoms with Gasteiger partial charge in [-0.3, -0.25) is 0 Å². The summed E-state index contributed by atoms with van der Waals surface area (Å²) in [6.07, 6.45) is 7.45. The molecule has 6 heteroatoms. The predicted octanol–water partition coefficient (Wildman–Crippen LogP) is 2.14. The minimum Gasteiger partial charge on any atom is -0.332 e. The normalized spacial score (nSPS) is 25.2. The van der Waals surface area contributed by atoms with Crippen LogP contribution in [0.2, 0.25) is 0 Å². The van der Waals surface area contributed by atoms with Crippen LogP contribution in [0, 0.1) is 0 Å². The van der Waals surface area contributed by atoms with E-state index < -0.39 is 10.0 Å². The standard InChI is InChI=1S/C14H23N3O2S/c1-11(2)17-9-7-15-14(17)12-4-3-8-16(10-12)20(18,19)13-5-6-13/h7,9,11-13H,3-6,8,10H2,1-2H3. The van der Waals surface area contributed by atoms with Crippen molar-refractivity contribution in [2.45, 2.75) is 56.7 Å². The second kappa shape index (κ2) is 5.15. The Morgan fingerprint density at radius 3 is 2.70 bits per heavy atom. The van der Waals surface area contributed by atoms with Crippen molar-refractivity contribution in [3.63, 3.8) is 0 Å². The zero-order chi connectivity index (χ0) is 14.3. The van der Waals surface area contributed by atoms with Gasteiger partial charge in [0.15, 0.2) is 0 Å². The lowest BCUT2D eigenvalue weighted by atomic mass is 9.98. The van der Waals surface area contributed by atoms with E-state index in [2.05, 4.69) is 23.4 Å². The van der Waals surface area contributed by atoms with Crippen LogP contribution >= 0.6 is 0 Å². The molecule has 0 spiro atoms. The first-order valence-electron chi connectivity index (χ1n) is 7.52. The number of rotatable bonds is 4. The van der Waals surface area contributed by atoms with Gasteiger partial charge in [-0.05, 0) is 39.5 Å². The van der Waals surface area contributed by atoms with E-state index in [9.17, 15) is 8.42 Å². The average molecular weight is 297 g/mol. The summed E-state index contributed by atoms with van der Waals surface area (Å²) in [5.41, 5.74) is 0. The number of sulfonamides is 1. The summed E-state index contributed by atoms with van der Waals surface area (Å²) in [5, 5.41) is -0.105. The summed E-state index contributed by atoms with van der Waals surface area (Å²) in [5.74, 6) is 1.27. The van der Waals surface area contributed by atoms with Crippen molar-refractivity contribution in [2.75, 3.05) is 13.1 Å². The number of aromatic nitrogens is 2. The third kappa shape index (κ3) is 2.51. The summed E-state index contributed by atoms with van der Waals surface area (Å²) in [7, 11) is -3.05. The summed E-state index contributed by atoms with van der Waals surface area (Å²) >= 11 is 0. The van der Waals surface area contributed by atoms with Crippen LogP contribution in [0.5, 0.6) is 0 Å². The van der Waals surface area contributed by atoms with Crippen molar-refractivity contribution in [1.29, 1.82) is 0 Å². The maximum Gasteiger partial charge on any atom is 0.217 e. The minimum atomic E-state index is -3.05. The molecular weight excluding hydrogens is 274 g/mol. The summed E-state index contributed by atoms with van der Waals surface area (Å²) in [6.45, 7) is 5.54. The number of hydrogen-bond acceptors (Lipinski definition) is 3.